The van der Waals surface area contributed by atoms with E-state index in [9.17, 15) is 0 Å². The molecule has 3 atom stereocenters. The maximum Gasteiger partial charge on any atom is 0.0693 e. The Morgan fingerprint density at radius 2 is 2.20 bits per heavy atom. The summed E-state index contributed by atoms with van der Waals surface area (Å²) in [6.45, 7) is 5.61. The maximum absolute atomic E-state index is 5.98. The summed E-state index contributed by atoms with van der Waals surface area (Å²) in [5, 5.41) is 7.28. The molecule has 0 spiro atoms. The van der Waals surface area contributed by atoms with Crippen LogP contribution in [-0.2, 0) is 4.74 Å². The molecule has 1 N–H and O–H groups in total. The van der Waals surface area contributed by atoms with Crippen molar-refractivity contribution >= 4 is 27.1 Å². The predicted molar refractivity (Wildman–Crippen MR) is 85.5 cm³/mol. The Balaban J connectivity index is 1.58. The van der Waals surface area contributed by atoms with Gasteiger partial charge in [-0.05, 0) is 47.9 Å². The van der Waals surface area contributed by atoms with Gasteiger partial charge in [0.25, 0.3) is 0 Å². The fourth-order valence-electron chi connectivity index (χ4n) is 4.05. The highest BCUT2D eigenvalue weighted by Gasteiger charge is 2.57. The number of hydrogen-bond acceptors (Lipinski definition) is 3. The highest BCUT2D eigenvalue weighted by Crippen LogP contribution is 2.52. The van der Waals surface area contributed by atoms with E-state index in [1.54, 1.807) is 11.3 Å². The van der Waals surface area contributed by atoms with Gasteiger partial charge in [-0.25, -0.2) is 0 Å². The number of hydrogen-bond donors (Lipinski definition) is 1. The molecule has 2 nitrogen and oxygen atoms in total. The minimum atomic E-state index is 0.231. The minimum Gasteiger partial charge on any atom is -0.381 e. The van der Waals surface area contributed by atoms with Gasteiger partial charge in [-0.3, -0.25) is 0 Å². The van der Waals surface area contributed by atoms with Crippen LogP contribution in [0.1, 0.15) is 26.7 Å². The minimum absolute atomic E-state index is 0.231. The molecule has 1 aliphatic carbocycles. The summed E-state index contributed by atoms with van der Waals surface area (Å²) in [5.74, 6) is 0.678. The van der Waals surface area contributed by atoms with Crippen molar-refractivity contribution in [3.05, 3.63) is 29.6 Å². The molecule has 0 radical (unpaired) electrons. The number of rotatable bonds is 2. The lowest BCUT2D eigenvalue weighted by Gasteiger charge is -2.60. The van der Waals surface area contributed by atoms with E-state index in [4.69, 9.17) is 4.74 Å². The van der Waals surface area contributed by atoms with E-state index in [-0.39, 0.29) is 5.41 Å². The van der Waals surface area contributed by atoms with Crippen LogP contribution in [0.15, 0.2) is 29.6 Å². The smallest absolute Gasteiger partial charge is 0.0693 e. The van der Waals surface area contributed by atoms with Gasteiger partial charge < -0.3 is 10.1 Å². The molecule has 0 amide bonds. The van der Waals surface area contributed by atoms with Crippen LogP contribution < -0.4 is 5.32 Å². The van der Waals surface area contributed by atoms with Gasteiger partial charge in [0.05, 0.1) is 6.10 Å². The maximum atomic E-state index is 5.98. The van der Waals surface area contributed by atoms with E-state index in [0.717, 1.165) is 6.61 Å². The molecule has 3 unspecified atom stereocenters. The van der Waals surface area contributed by atoms with Crippen molar-refractivity contribution in [1.29, 1.82) is 0 Å². The fraction of sp³-hybridized carbons (Fsp3) is 0.529. The zero-order valence-corrected chi connectivity index (χ0v) is 12.9. The van der Waals surface area contributed by atoms with Gasteiger partial charge in [0.1, 0.15) is 0 Å². The van der Waals surface area contributed by atoms with Crippen LogP contribution in [-0.4, -0.2) is 18.8 Å². The van der Waals surface area contributed by atoms with Crippen LogP contribution in [0.25, 0.3) is 10.1 Å². The first kappa shape index (κ1) is 12.7. The summed E-state index contributed by atoms with van der Waals surface area (Å²) in [6, 6.07) is 9.45. The first-order chi connectivity index (χ1) is 9.66. The van der Waals surface area contributed by atoms with E-state index in [0.29, 0.717) is 18.1 Å². The third kappa shape index (κ3) is 1.80. The number of fused-ring (bicyclic) bond motifs is 2. The van der Waals surface area contributed by atoms with Crippen molar-refractivity contribution < 1.29 is 4.74 Å². The molecule has 106 valence electrons. The van der Waals surface area contributed by atoms with Gasteiger partial charge in [0, 0.05) is 34.4 Å². The largest absolute Gasteiger partial charge is 0.381 e. The molecular formula is C17H21NOS. The molecule has 20 heavy (non-hydrogen) atoms. The molecule has 2 heterocycles. The third-order valence-corrected chi connectivity index (χ3v) is 6.00. The first-order valence-corrected chi connectivity index (χ1v) is 8.39. The molecule has 1 aromatic carbocycles. The predicted octanol–water partition coefficient (Wildman–Crippen LogP) is 4.52. The Labute approximate surface area is 124 Å². The lowest BCUT2D eigenvalue weighted by atomic mass is 9.55. The summed E-state index contributed by atoms with van der Waals surface area (Å²) in [6.07, 6.45) is 2.95. The molecule has 2 fully saturated rings. The number of ether oxygens (including phenoxy) is 1. The van der Waals surface area contributed by atoms with Crippen molar-refractivity contribution in [3.8, 4) is 0 Å². The molecule has 1 aliphatic heterocycles. The zero-order chi connectivity index (χ0) is 13.7. The number of nitrogens with one attached hydrogen (secondary N) is 1. The van der Waals surface area contributed by atoms with E-state index in [2.05, 4.69) is 48.8 Å². The van der Waals surface area contributed by atoms with Gasteiger partial charge >= 0.3 is 0 Å². The Hall–Kier alpha value is -1.06. The van der Waals surface area contributed by atoms with E-state index in [1.807, 2.05) is 0 Å². The van der Waals surface area contributed by atoms with Gasteiger partial charge in [-0.1, -0.05) is 13.8 Å². The average molecular weight is 287 g/mol. The van der Waals surface area contributed by atoms with Crippen LogP contribution in [0.4, 0.5) is 5.69 Å². The van der Waals surface area contributed by atoms with Gasteiger partial charge in [0.2, 0.25) is 0 Å². The molecule has 1 aromatic heterocycles. The number of benzene rings is 1. The van der Waals surface area contributed by atoms with Crippen LogP contribution in [0.3, 0.4) is 0 Å². The summed E-state index contributed by atoms with van der Waals surface area (Å²) in [4.78, 5) is 0. The summed E-state index contributed by atoms with van der Waals surface area (Å²) in [7, 11) is 0. The molecule has 2 aliphatic rings. The SMILES string of the molecule is CC1(C)C(Nc2ccc3sccc3c2)C2CCCOC21. The zero-order valence-electron chi connectivity index (χ0n) is 12.1. The van der Waals surface area contributed by atoms with E-state index >= 15 is 0 Å². The third-order valence-electron chi connectivity index (χ3n) is 5.11. The monoisotopic (exact) mass is 287 g/mol. The molecule has 4 rings (SSSR count). The molecule has 0 bridgehead atoms. The second kappa shape index (κ2) is 4.47. The lowest BCUT2D eigenvalue weighted by molar-refractivity contribution is -0.177. The average Bonchev–Trinajstić information content (AvgIpc) is 2.92. The topological polar surface area (TPSA) is 21.3 Å². The lowest BCUT2D eigenvalue weighted by Crippen LogP contribution is -2.67. The van der Waals surface area contributed by atoms with Gasteiger partial charge in [-0.2, -0.15) is 0 Å². The fourth-order valence-corrected chi connectivity index (χ4v) is 4.82. The Bertz CT molecular complexity index is 633. The van der Waals surface area contributed by atoms with E-state index in [1.165, 1.54) is 28.6 Å². The number of anilines is 1. The molecule has 2 aromatic rings. The Morgan fingerprint density at radius 3 is 3.10 bits per heavy atom. The van der Waals surface area contributed by atoms with Crippen molar-refractivity contribution in [2.75, 3.05) is 11.9 Å². The van der Waals surface area contributed by atoms with Crippen LogP contribution in [0.5, 0.6) is 0 Å². The first-order valence-electron chi connectivity index (χ1n) is 7.52. The summed E-state index contributed by atoms with van der Waals surface area (Å²) >= 11 is 1.80. The van der Waals surface area contributed by atoms with Gasteiger partial charge in [-0.15, -0.1) is 11.3 Å². The van der Waals surface area contributed by atoms with Crippen molar-refractivity contribution in [3.63, 3.8) is 0 Å². The van der Waals surface area contributed by atoms with Crippen LogP contribution in [0.2, 0.25) is 0 Å². The van der Waals surface area contributed by atoms with Crippen molar-refractivity contribution in [1.82, 2.24) is 0 Å². The second-order valence-corrected chi connectivity index (χ2v) is 7.66. The van der Waals surface area contributed by atoms with Crippen molar-refractivity contribution in [2.24, 2.45) is 11.3 Å². The molecule has 3 heteroatoms. The molecule has 1 saturated carbocycles. The molecule has 1 saturated heterocycles. The van der Waals surface area contributed by atoms with Crippen LogP contribution in [0, 0.1) is 11.3 Å². The summed E-state index contributed by atoms with van der Waals surface area (Å²) < 4.78 is 7.34. The number of thiophene rings is 1. The summed E-state index contributed by atoms with van der Waals surface area (Å²) in [5.41, 5.74) is 1.48. The van der Waals surface area contributed by atoms with Gasteiger partial charge in [0.15, 0.2) is 0 Å². The quantitative estimate of drug-likeness (QED) is 0.877. The second-order valence-electron chi connectivity index (χ2n) is 6.71. The Kier molecular flexibility index (Phi) is 2.83. The standard InChI is InChI=1S/C17H21NOS/c1-17(2)15(13-4-3-8-19-16(13)17)18-12-5-6-14-11(10-12)7-9-20-14/h5-7,9-10,13,15-16,18H,3-4,8H2,1-2H3. The molecular weight excluding hydrogens is 266 g/mol. The highest BCUT2D eigenvalue weighted by molar-refractivity contribution is 7.17. The van der Waals surface area contributed by atoms with E-state index < -0.39 is 0 Å². The Morgan fingerprint density at radius 1 is 1.30 bits per heavy atom. The highest BCUT2D eigenvalue weighted by atomic mass is 32.1. The normalized spacial score (nSPS) is 31.6. The van der Waals surface area contributed by atoms with Crippen molar-refractivity contribution in [2.45, 2.75) is 38.8 Å². The van der Waals surface area contributed by atoms with Crippen LogP contribution >= 0.6 is 11.3 Å².